The van der Waals surface area contributed by atoms with E-state index in [-0.39, 0.29) is 36.0 Å². The van der Waals surface area contributed by atoms with E-state index >= 15 is 0 Å². The monoisotopic (exact) mass is 598 g/mol. The van der Waals surface area contributed by atoms with Gasteiger partial charge in [-0.3, -0.25) is 19.1 Å². The number of aromatic amines is 1. The lowest BCUT2D eigenvalue weighted by Crippen LogP contribution is -2.71. The summed E-state index contributed by atoms with van der Waals surface area (Å²) in [6, 6.07) is 7.21. The molecule has 1 aromatic heterocycles. The third-order valence-electron chi connectivity index (χ3n) is 5.87. The molecule has 2 aliphatic rings. The van der Waals surface area contributed by atoms with Gasteiger partial charge in [-0.05, 0) is 30.2 Å². The summed E-state index contributed by atoms with van der Waals surface area (Å²) >= 11 is 2.26. The van der Waals surface area contributed by atoms with Crippen LogP contribution in [0.15, 0.2) is 46.8 Å². The smallest absolute Gasteiger partial charge is 0.352 e. The number of aromatic nitrogens is 4. The number of aliphatic carboxylic acids is 1. The van der Waals surface area contributed by atoms with E-state index in [1.807, 2.05) is 0 Å². The number of H-pyrrole nitrogens is 1. The second-order valence-corrected chi connectivity index (χ2v) is 12.7. The van der Waals surface area contributed by atoms with Crippen molar-refractivity contribution in [3.63, 3.8) is 0 Å². The number of tetrazole rings is 1. The number of nitrogens with zero attached hydrogens (tertiary/aromatic N) is 4. The zero-order valence-electron chi connectivity index (χ0n) is 20.9. The molecule has 4 N–H and O–H groups in total. The van der Waals surface area contributed by atoms with Crippen molar-refractivity contribution in [1.82, 2.24) is 30.8 Å². The standard InChI is InChI=1S/C22H27N6O8PS2/c1-3-35-37(34,36-4-2)10-14(39-22-24-26-27-25-22)13-11-38-20-15(19(31)28(20)16(13)21(32)33)23-18(30)17(29)12-8-6-5-7-9-12/h5-9,14-15,17,20,29H,3-4,10-11H2,1-2H3,(H,23,30)(H,32,33)(H,24,25,26,27)/t14?,15-,17-,20-/m1/s1. The molecule has 4 rings (SSSR count). The van der Waals surface area contributed by atoms with Gasteiger partial charge in [-0.25, -0.2) is 4.79 Å². The van der Waals surface area contributed by atoms with Crippen molar-refractivity contribution in [2.75, 3.05) is 25.1 Å². The van der Waals surface area contributed by atoms with Gasteiger partial charge in [0.05, 0.1) is 19.4 Å². The Kier molecular flexibility index (Phi) is 9.46. The zero-order chi connectivity index (χ0) is 28.2. The Labute approximate surface area is 231 Å². The molecule has 1 unspecified atom stereocenters. The number of β-lactam (4-membered cyclic amide) rings is 1. The molecule has 0 radical (unpaired) electrons. The molecule has 2 aliphatic heterocycles. The summed E-state index contributed by atoms with van der Waals surface area (Å²) in [5.41, 5.74) is 0.386. The van der Waals surface area contributed by atoms with Crippen molar-refractivity contribution >= 4 is 48.9 Å². The molecule has 4 atom stereocenters. The van der Waals surface area contributed by atoms with Gasteiger partial charge in [0, 0.05) is 11.0 Å². The Morgan fingerprint density at radius 2 is 1.97 bits per heavy atom. The maximum atomic E-state index is 13.4. The van der Waals surface area contributed by atoms with Gasteiger partial charge in [0.25, 0.3) is 11.8 Å². The fraction of sp³-hybridized carbons (Fsp3) is 0.455. The number of nitrogens with one attached hydrogen (secondary N) is 2. The molecule has 1 saturated heterocycles. The molecule has 0 aliphatic carbocycles. The van der Waals surface area contributed by atoms with E-state index in [2.05, 4.69) is 25.9 Å². The van der Waals surface area contributed by atoms with Gasteiger partial charge in [0.2, 0.25) is 5.16 Å². The lowest BCUT2D eigenvalue weighted by molar-refractivity contribution is -0.151. The molecule has 3 heterocycles. The number of carbonyl (C=O) groups is 3. The SMILES string of the molecule is CCOP(=O)(CC(Sc1nn[nH]n1)C1=C(C(=O)O)N2C(=O)[C@@H](NC(=O)[C@H](O)c3ccccc3)[C@H]2SC1)OCC. The predicted octanol–water partition coefficient (Wildman–Crippen LogP) is 1.40. The second kappa shape index (κ2) is 12.6. The van der Waals surface area contributed by atoms with E-state index in [0.717, 1.165) is 16.7 Å². The van der Waals surface area contributed by atoms with Gasteiger partial charge in [-0.2, -0.15) is 5.21 Å². The zero-order valence-corrected chi connectivity index (χ0v) is 23.4. The third kappa shape index (κ3) is 6.36. The van der Waals surface area contributed by atoms with Crippen LogP contribution in [0.5, 0.6) is 0 Å². The van der Waals surface area contributed by atoms with Gasteiger partial charge < -0.3 is 24.6 Å². The fourth-order valence-corrected chi connectivity index (χ4v) is 9.04. The van der Waals surface area contributed by atoms with Crippen molar-refractivity contribution in [3.05, 3.63) is 47.2 Å². The molecule has 210 valence electrons. The fourth-order valence-electron chi connectivity index (χ4n) is 4.20. The van der Waals surface area contributed by atoms with Crippen LogP contribution in [0.3, 0.4) is 0 Å². The molecule has 0 spiro atoms. The van der Waals surface area contributed by atoms with Gasteiger partial charge in [-0.1, -0.05) is 42.1 Å². The number of carbonyl (C=O) groups excluding carboxylic acids is 2. The molecule has 0 saturated carbocycles. The van der Waals surface area contributed by atoms with Crippen molar-refractivity contribution in [3.8, 4) is 0 Å². The van der Waals surface area contributed by atoms with E-state index in [4.69, 9.17) is 9.05 Å². The highest BCUT2D eigenvalue weighted by Gasteiger charge is 2.55. The predicted molar refractivity (Wildman–Crippen MR) is 141 cm³/mol. The number of aliphatic hydroxyl groups excluding tert-OH is 1. The molecule has 2 amide bonds. The highest BCUT2D eigenvalue weighted by atomic mass is 32.2. The Bertz CT molecular complexity index is 1270. The second-order valence-electron chi connectivity index (χ2n) is 8.32. The number of amides is 2. The summed E-state index contributed by atoms with van der Waals surface area (Å²) in [4.78, 5) is 39.4. The van der Waals surface area contributed by atoms with Crippen LogP contribution in [0.4, 0.5) is 0 Å². The lowest BCUT2D eigenvalue weighted by atomic mass is 10.0. The van der Waals surface area contributed by atoms with Crippen molar-refractivity contribution in [2.24, 2.45) is 0 Å². The Balaban J connectivity index is 1.60. The molecule has 1 aromatic carbocycles. The minimum atomic E-state index is -3.65. The Morgan fingerprint density at radius 1 is 1.28 bits per heavy atom. The first-order chi connectivity index (χ1) is 18.7. The first-order valence-corrected chi connectivity index (χ1v) is 15.6. The number of thioether (sulfide) groups is 2. The summed E-state index contributed by atoms with van der Waals surface area (Å²) in [5, 5.41) is 35.4. The average molecular weight is 599 g/mol. The van der Waals surface area contributed by atoms with Crippen LogP contribution in [0.1, 0.15) is 25.5 Å². The van der Waals surface area contributed by atoms with Crippen LogP contribution in [0.25, 0.3) is 0 Å². The summed E-state index contributed by atoms with van der Waals surface area (Å²) in [7, 11) is -3.65. The maximum absolute atomic E-state index is 13.4. The topological polar surface area (TPSA) is 197 Å². The molecule has 17 heteroatoms. The number of rotatable bonds is 13. The van der Waals surface area contributed by atoms with Crippen LogP contribution < -0.4 is 5.32 Å². The largest absolute Gasteiger partial charge is 0.477 e. The maximum Gasteiger partial charge on any atom is 0.352 e. The van der Waals surface area contributed by atoms with E-state index in [1.165, 1.54) is 11.8 Å². The van der Waals surface area contributed by atoms with Gasteiger partial charge in [0.1, 0.15) is 17.1 Å². The van der Waals surface area contributed by atoms with E-state index in [1.54, 1.807) is 44.2 Å². The third-order valence-corrected chi connectivity index (χ3v) is 10.6. The Morgan fingerprint density at radius 3 is 2.56 bits per heavy atom. The number of hydrogen-bond acceptors (Lipinski definition) is 12. The van der Waals surface area contributed by atoms with Gasteiger partial charge in [-0.15, -0.1) is 22.0 Å². The molecule has 14 nitrogen and oxygen atoms in total. The minimum absolute atomic E-state index is 0.110. The minimum Gasteiger partial charge on any atom is -0.477 e. The Hall–Kier alpha value is -2.75. The van der Waals surface area contributed by atoms with Gasteiger partial charge >= 0.3 is 13.6 Å². The summed E-state index contributed by atoms with van der Waals surface area (Å²) in [5.74, 6) is -2.64. The molecule has 39 heavy (non-hydrogen) atoms. The first-order valence-electron chi connectivity index (χ1n) is 11.9. The van der Waals surface area contributed by atoms with Crippen molar-refractivity contribution in [2.45, 2.75) is 41.8 Å². The van der Waals surface area contributed by atoms with E-state index < -0.39 is 48.1 Å². The van der Waals surface area contributed by atoms with E-state index in [0.29, 0.717) is 11.1 Å². The molecule has 2 aromatic rings. The number of benzene rings is 1. The van der Waals surface area contributed by atoms with Gasteiger partial charge in [0.15, 0.2) is 6.10 Å². The lowest BCUT2D eigenvalue weighted by Gasteiger charge is -2.50. The number of hydrogen-bond donors (Lipinski definition) is 4. The average Bonchev–Trinajstić information content (AvgIpc) is 3.43. The number of carboxylic acids is 1. The summed E-state index contributed by atoms with van der Waals surface area (Å²) in [6.45, 7) is 3.55. The first kappa shape index (κ1) is 29.2. The molecular weight excluding hydrogens is 571 g/mol. The van der Waals surface area contributed by atoms with Crippen LogP contribution in [-0.2, 0) is 28.0 Å². The summed E-state index contributed by atoms with van der Waals surface area (Å²) in [6.07, 6.45) is -1.69. The van der Waals surface area contributed by atoms with Crippen molar-refractivity contribution in [1.29, 1.82) is 0 Å². The normalized spacial score (nSPS) is 20.7. The quantitative estimate of drug-likeness (QED) is 0.147. The van der Waals surface area contributed by atoms with Crippen LogP contribution in [0, 0.1) is 0 Å². The van der Waals surface area contributed by atoms with Crippen molar-refractivity contribution < 1.29 is 38.2 Å². The van der Waals surface area contributed by atoms with Crippen LogP contribution in [-0.4, -0.2) is 95.3 Å². The molecule has 1 fully saturated rings. The number of aliphatic hydroxyl groups is 1. The highest BCUT2D eigenvalue weighted by Crippen LogP contribution is 2.53. The van der Waals surface area contributed by atoms with Crippen LogP contribution >= 0.6 is 31.1 Å². The number of fused-ring (bicyclic) bond motifs is 1. The van der Waals surface area contributed by atoms with E-state index in [9.17, 15) is 29.2 Å². The summed E-state index contributed by atoms with van der Waals surface area (Å²) < 4.78 is 24.3. The number of carboxylic acid groups (broad SMARTS) is 1. The molecule has 0 bridgehead atoms. The molecular formula is C22H27N6O8PS2. The highest BCUT2D eigenvalue weighted by molar-refractivity contribution is 8.01. The van der Waals surface area contributed by atoms with Crippen LogP contribution in [0.2, 0.25) is 0 Å².